The van der Waals surface area contributed by atoms with Crippen molar-refractivity contribution in [2.75, 3.05) is 5.32 Å². The van der Waals surface area contributed by atoms with Crippen molar-refractivity contribution < 1.29 is 9.72 Å². The first-order chi connectivity index (χ1) is 9.81. The molecule has 0 bridgehead atoms. The molecule has 0 aliphatic carbocycles. The third-order valence-electron chi connectivity index (χ3n) is 2.96. The Hall–Kier alpha value is -2.41. The second-order valence-corrected chi connectivity index (χ2v) is 4.98. The number of halogens is 1. The first-order valence-electron chi connectivity index (χ1n) is 6.06. The molecule has 0 aliphatic heterocycles. The lowest BCUT2D eigenvalue weighted by Gasteiger charge is -2.07. The molecule has 0 fully saturated rings. The number of aryl methyl sites for hydroxylation is 3. The van der Waals surface area contributed by atoms with Gasteiger partial charge in [0, 0.05) is 13.1 Å². The Morgan fingerprint density at radius 2 is 2.10 bits per heavy atom. The molecule has 2 rings (SSSR count). The summed E-state index contributed by atoms with van der Waals surface area (Å²) in [6.07, 6.45) is 0. The number of hydrogen-bond acceptors (Lipinski definition) is 4. The number of hydrogen-bond donors (Lipinski definition) is 1. The predicted molar refractivity (Wildman–Crippen MR) is 78.7 cm³/mol. The molecule has 1 N–H and O–H groups in total. The maximum absolute atomic E-state index is 12.2. The van der Waals surface area contributed by atoms with E-state index in [1.54, 1.807) is 27.0 Å². The molecule has 0 saturated heterocycles. The van der Waals surface area contributed by atoms with E-state index in [2.05, 4.69) is 10.4 Å². The van der Waals surface area contributed by atoms with Crippen molar-refractivity contribution >= 4 is 28.9 Å². The summed E-state index contributed by atoms with van der Waals surface area (Å²) in [5.74, 6) is -0.546. The third kappa shape index (κ3) is 2.87. The second kappa shape index (κ2) is 5.53. The van der Waals surface area contributed by atoms with Gasteiger partial charge >= 0.3 is 0 Å². The molecule has 0 spiro atoms. The lowest BCUT2D eigenvalue weighted by atomic mass is 10.2. The van der Waals surface area contributed by atoms with Crippen LogP contribution in [0, 0.1) is 24.0 Å². The summed E-state index contributed by atoms with van der Waals surface area (Å²) in [6.45, 7) is 3.41. The molecule has 1 aromatic carbocycles. The topological polar surface area (TPSA) is 90.1 Å². The van der Waals surface area contributed by atoms with Gasteiger partial charge in [-0.2, -0.15) is 5.10 Å². The molecular formula is C13H13ClN4O3. The smallest absolute Gasteiger partial charge is 0.293 e. The highest BCUT2D eigenvalue weighted by Gasteiger charge is 2.22. The highest BCUT2D eigenvalue weighted by molar-refractivity contribution is 6.34. The van der Waals surface area contributed by atoms with Crippen molar-refractivity contribution in [1.29, 1.82) is 0 Å². The number of nitro benzene ring substituents is 1. The van der Waals surface area contributed by atoms with Crippen LogP contribution >= 0.6 is 11.6 Å². The third-order valence-corrected chi connectivity index (χ3v) is 3.41. The van der Waals surface area contributed by atoms with Gasteiger partial charge in [0.1, 0.15) is 11.4 Å². The Morgan fingerprint density at radius 1 is 1.43 bits per heavy atom. The minimum absolute atomic E-state index is 0.116. The van der Waals surface area contributed by atoms with Crippen LogP contribution in [0.3, 0.4) is 0 Å². The van der Waals surface area contributed by atoms with Gasteiger partial charge < -0.3 is 5.32 Å². The predicted octanol–water partition coefficient (Wildman–Crippen LogP) is 2.85. The van der Waals surface area contributed by atoms with Gasteiger partial charge in [-0.15, -0.1) is 0 Å². The van der Waals surface area contributed by atoms with Crippen molar-refractivity contribution in [3.8, 4) is 0 Å². The average Bonchev–Trinajstić information content (AvgIpc) is 2.65. The van der Waals surface area contributed by atoms with Crippen LogP contribution in [0.25, 0.3) is 0 Å². The van der Waals surface area contributed by atoms with Gasteiger partial charge in [0.25, 0.3) is 11.6 Å². The van der Waals surface area contributed by atoms with Gasteiger partial charge in [-0.05, 0) is 25.5 Å². The molecule has 0 radical (unpaired) electrons. The molecule has 1 aromatic heterocycles. The summed E-state index contributed by atoms with van der Waals surface area (Å²) in [6, 6.07) is 4.56. The first-order valence-corrected chi connectivity index (χ1v) is 6.44. The van der Waals surface area contributed by atoms with Crippen LogP contribution in [0.1, 0.15) is 21.7 Å². The number of anilines is 1. The summed E-state index contributed by atoms with van der Waals surface area (Å²) < 4.78 is 1.34. The summed E-state index contributed by atoms with van der Waals surface area (Å²) >= 11 is 6.02. The Bertz CT molecular complexity index is 739. The van der Waals surface area contributed by atoms with Gasteiger partial charge in [0.2, 0.25) is 0 Å². The van der Waals surface area contributed by atoms with E-state index in [9.17, 15) is 14.9 Å². The van der Waals surface area contributed by atoms with Crippen LogP contribution in [-0.4, -0.2) is 20.6 Å². The molecular weight excluding hydrogens is 296 g/mol. The van der Waals surface area contributed by atoms with Crippen molar-refractivity contribution in [3.05, 3.63) is 50.3 Å². The molecule has 7 nitrogen and oxygen atoms in total. The first kappa shape index (κ1) is 15.0. The fourth-order valence-corrected chi connectivity index (χ4v) is 2.20. The molecule has 0 unspecified atom stereocenters. The van der Waals surface area contributed by atoms with Crippen LogP contribution in [0.5, 0.6) is 0 Å². The van der Waals surface area contributed by atoms with E-state index in [1.165, 1.54) is 16.8 Å². The SMILES string of the molecule is Cc1ccc(NC(=O)c2c(Cl)c(C)nn2C)c([N+](=O)[O-])c1. The summed E-state index contributed by atoms with van der Waals surface area (Å²) in [5.41, 5.74) is 1.35. The second-order valence-electron chi connectivity index (χ2n) is 4.60. The Labute approximate surface area is 125 Å². The maximum Gasteiger partial charge on any atom is 0.293 e. The molecule has 21 heavy (non-hydrogen) atoms. The number of carbonyl (C=O) groups is 1. The van der Waals surface area contributed by atoms with E-state index in [0.717, 1.165) is 5.56 Å². The molecule has 8 heteroatoms. The fraction of sp³-hybridized carbons (Fsp3) is 0.231. The van der Waals surface area contributed by atoms with E-state index in [-0.39, 0.29) is 22.1 Å². The number of amides is 1. The number of nitro groups is 1. The normalized spacial score (nSPS) is 10.5. The molecule has 0 atom stereocenters. The monoisotopic (exact) mass is 308 g/mol. The standard InChI is InChI=1S/C13H13ClN4O3/c1-7-4-5-9(10(6-7)18(20)21)15-13(19)12-11(14)8(2)16-17(12)3/h4-6H,1-3H3,(H,15,19). The van der Waals surface area contributed by atoms with Gasteiger partial charge in [-0.3, -0.25) is 19.6 Å². The van der Waals surface area contributed by atoms with Crippen LogP contribution in [0.15, 0.2) is 18.2 Å². The zero-order valence-corrected chi connectivity index (χ0v) is 12.4. The Morgan fingerprint density at radius 3 is 2.62 bits per heavy atom. The fourth-order valence-electron chi connectivity index (χ4n) is 1.96. The lowest BCUT2D eigenvalue weighted by molar-refractivity contribution is -0.384. The Balaban J connectivity index is 2.38. The molecule has 110 valence electrons. The number of aromatic nitrogens is 2. The number of carbonyl (C=O) groups excluding carboxylic acids is 1. The van der Waals surface area contributed by atoms with Crippen LogP contribution in [0.4, 0.5) is 11.4 Å². The summed E-state index contributed by atoms with van der Waals surface area (Å²) in [5, 5.41) is 17.8. The van der Waals surface area contributed by atoms with Crippen LogP contribution in [0.2, 0.25) is 5.02 Å². The van der Waals surface area contributed by atoms with E-state index >= 15 is 0 Å². The highest BCUT2D eigenvalue weighted by atomic mass is 35.5. The molecule has 2 aromatic rings. The van der Waals surface area contributed by atoms with Gasteiger partial charge in [-0.1, -0.05) is 17.7 Å². The van der Waals surface area contributed by atoms with E-state index < -0.39 is 10.8 Å². The average molecular weight is 309 g/mol. The largest absolute Gasteiger partial charge is 0.315 e. The Kier molecular flexibility index (Phi) is 3.95. The van der Waals surface area contributed by atoms with Gasteiger partial charge in [0.05, 0.1) is 15.6 Å². The van der Waals surface area contributed by atoms with Crippen molar-refractivity contribution in [2.45, 2.75) is 13.8 Å². The van der Waals surface area contributed by atoms with E-state index in [0.29, 0.717) is 5.69 Å². The van der Waals surface area contributed by atoms with E-state index in [4.69, 9.17) is 11.6 Å². The van der Waals surface area contributed by atoms with Crippen molar-refractivity contribution in [3.63, 3.8) is 0 Å². The zero-order valence-electron chi connectivity index (χ0n) is 11.7. The minimum Gasteiger partial charge on any atom is -0.315 e. The number of benzene rings is 1. The van der Waals surface area contributed by atoms with Crippen LogP contribution in [-0.2, 0) is 7.05 Å². The maximum atomic E-state index is 12.2. The lowest BCUT2D eigenvalue weighted by Crippen LogP contribution is -2.17. The number of nitrogens with zero attached hydrogens (tertiary/aromatic N) is 3. The quantitative estimate of drug-likeness (QED) is 0.697. The van der Waals surface area contributed by atoms with Crippen molar-refractivity contribution in [1.82, 2.24) is 9.78 Å². The molecule has 1 amide bonds. The minimum atomic E-state index is -0.546. The van der Waals surface area contributed by atoms with Gasteiger partial charge in [-0.25, -0.2) is 0 Å². The van der Waals surface area contributed by atoms with Crippen molar-refractivity contribution in [2.24, 2.45) is 7.05 Å². The van der Waals surface area contributed by atoms with E-state index in [1.807, 2.05) is 0 Å². The summed E-state index contributed by atoms with van der Waals surface area (Å²) in [7, 11) is 1.58. The highest BCUT2D eigenvalue weighted by Crippen LogP contribution is 2.27. The molecule has 1 heterocycles. The van der Waals surface area contributed by atoms with Gasteiger partial charge in [0.15, 0.2) is 0 Å². The molecule has 0 saturated carbocycles. The summed E-state index contributed by atoms with van der Waals surface area (Å²) in [4.78, 5) is 22.7. The zero-order chi connectivity index (χ0) is 15.7. The number of nitrogens with one attached hydrogen (secondary N) is 1. The number of rotatable bonds is 3. The van der Waals surface area contributed by atoms with Crippen LogP contribution < -0.4 is 5.32 Å². The molecule has 0 aliphatic rings.